The maximum atomic E-state index is 13.4. The van der Waals surface area contributed by atoms with Gasteiger partial charge in [0.1, 0.15) is 17.3 Å². The van der Waals surface area contributed by atoms with E-state index in [1.165, 1.54) is 36.4 Å². The summed E-state index contributed by atoms with van der Waals surface area (Å²) in [5.41, 5.74) is 2.05. The van der Waals surface area contributed by atoms with Crippen molar-refractivity contribution < 1.29 is 13.6 Å². The van der Waals surface area contributed by atoms with Gasteiger partial charge in [-0.3, -0.25) is 0 Å². The molecule has 0 saturated carbocycles. The van der Waals surface area contributed by atoms with Gasteiger partial charge in [0.05, 0.1) is 0 Å². The number of halogens is 3. The summed E-state index contributed by atoms with van der Waals surface area (Å²) in [6, 6.07) is 19.6. The number of anilines is 2. The van der Waals surface area contributed by atoms with Crippen LogP contribution in [0.5, 0.6) is 0 Å². The molecule has 0 bridgehead atoms. The lowest BCUT2D eigenvalue weighted by Crippen LogP contribution is -2.55. The normalized spacial score (nSPS) is 15.6. The lowest BCUT2D eigenvalue weighted by molar-refractivity contribution is 0.200. The molecule has 35 heavy (non-hydrogen) atoms. The predicted octanol–water partition coefficient (Wildman–Crippen LogP) is 5.74. The van der Waals surface area contributed by atoms with Gasteiger partial charge in [0, 0.05) is 47.7 Å². The molecule has 2 heterocycles. The number of rotatable bonds is 3. The molecule has 1 atom stereocenters. The summed E-state index contributed by atoms with van der Waals surface area (Å²) in [7, 11) is 0. The average molecular weight is 496 g/mol. The number of nitrogens with zero attached hydrogens (tertiary/aromatic N) is 4. The second kappa shape index (κ2) is 10.2. The summed E-state index contributed by atoms with van der Waals surface area (Å²) in [6.07, 6.45) is 0. The first kappa shape index (κ1) is 24.3. The Balaban J connectivity index is 0.00000289. The predicted molar refractivity (Wildman–Crippen MR) is 136 cm³/mol. The van der Waals surface area contributed by atoms with E-state index in [9.17, 15) is 13.6 Å². The largest absolute Gasteiger partial charge is 0.348 e. The first-order valence-corrected chi connectivity index (χ1v) is 11.1. The minimum Gasteiger partial charge on any atom is -0.348 e. The van der Waals surface area contributed by atoms with Crippen LogP contribution in [0.1, 0.15) is 6.92 Å². The highest BCUT2D eigenvalue weighted by molar-refractivity contribution is 6.00. The zero-order chi connectivity index (χ0) is 23.7. The van der Waals surface area contributed by atoms with Gasteiger partial charge in [0.2, 0.25) is 0 Å². The lowest BCUT2D eigenvalue weighted by atomic mass is 10.0. The van der Waals surface area contributed by atoms with Crippen LogP contribution in [0.2, 0.25) is 0 Å². The van der Waals surface area contributed by atoms with Crippen molar-refractivity contribution in [3.63, 3.8) is 0 Å². The van der Waals surface area contributed by atoms with E-state index < -0.39 is 0 Å². The maximum absolute atomic E-state index is 13.4. The topological polar surface area (TPSA) is 61.4 Å². The van der Waals surface area contributed by atoms with Crippen LogP contribution in [-0.2, 0) is 0 Å². The molecule has 3 aromatic carbocycles. The number of urea groups is 1. The third-order valence-corrected chi connectivity index (χ3v) is 6.07. The highest BCUT2D eigenvalue weighted by Gasteiger charge is 2.29. The van der Waals surface area contributed by atoms with Gasteiger partial charge >= 0.3 is 6.03 Å². The second-order valence-electron chi connectivity index (χ2n) is 8.35. The average Bonchev–Trinajstić information content (AvgIpc) is 2.85. The summed E-state index contributed by atoms with van der Waals surface area (Å²) in [4.78, 5) is 16.6. The Kier molecular flexibility index (Phi) is 7.12. The minimum absolute atomic E-state index is 0. The highest BCUT2D eigenvalue weighted by atomic mass is 35.5. The van der Waals surface area contributed by atoms with Gasteiger partial charge in [0.15, 0.2) is 5.82 Å². The fraction of sp³-hybridized carbons (Fsp3) is 0.192. The van der Waals surface area contributed by atoms with Crippen LogP contribution >= 0.6 is 12.4 Å². The molecule has 9 heteroatoms. The number of aromatic nitrogens is 2. The summed E-state index contributed by atoms with van der Waals surface area (Å²) in [5, 5.41) is 13.8. The van der Waals surface area contributed by atoms with E-state index in [1.807, 2.05) is 31.2 Å². The molecule has 5 rings (SSSR count). The standard InChI is InChI=1S/C26H23F2N5O.ClH/c1-17-16-32(26(34)29-21-12-10-20(28)11-13-21)14-15-33(17)25-23-5-3-2-4-22(23)24(30-31-25)18-6-8-19(27)9-7-18;/h2-13,17H,14-16H2,1H3,(H,29,34);1H. The van der Waals surface area contributed by atoms with E-state index in [1.54, 1.807) is 17.0 Å². The molecule has 4 aromatic rings. The van der Waals surface area contributed by atoms with Gasteiger partial charge < -0.3 is 15.1 Å². The van der Waals surface area contributed by atoms with Gasteiger partial charge in [0.25, 0.3) is 0 Å². The van der Waals surface area contributed by atoms with Crippen molar-refractivity contribution in [2.45, 2.75) is 13.0 Å². The Bertz CT molecular complexity index is 1330. The first-order valence-electron chi connectivity index (χ1n) is 11.1. The molecule has 6 nitrogen and oxygen atoms in total. The SMILES string of the molecule is CC1CN(C(=O)Nc2ccc(F)cc2)CCN1c1nnc(-c2ccc(F)cc2)c2ccccc12.Cl. The fourth-order valence-corrected chi connectivity index (χ4v) is 4.32. The number of fused-ring (bicyclic) bond motifs is 1. The van der Waals surface area contributed by atoms with Gasteiger partial charge in [-0.1, -0.05) is 24.3 Å². The van der Waals surface area contributed by atoms with Crippen molar-refractivity contribution in [2.75, 3.05) is 29.9 Å². The number of piperazine rings is 1. The van der Waals surface area contributed by atoms with E-state index in [0.29, 0.717) is 31.0 Å². The van der Waals surface area contributed by atoms with Crippen LogP contribution in [0.3, 0.4) is 0 Å². The van der Waals surface area contributed by atoms with Crippen LogP contribution in [-0.4, -0.2) is 46.8 Å². The highest BCUT2D eigenvalue weighted by Crippen LogP contribution is 2.33. The van der Waals surface area contributed by atoms with E-state index in [4.69, 9.17) is 0 Å². The zero-order valence-electron chi connectivity index (χ0n) is 19.0. The third-order valence-electron chi connectivity index (χ3n) is 6.07. The van der Waals surface area contributed by atoms with Crippen molar-refractivity contribution in [1.82, 2.24) is 15.1 Å². The molecule has 0 spiro atoms. The lowest BCUT2D eigenvalue weighted by Gasteiger charge is -2.40. The molecular formula is C26H24ClF2N5O. The first-order chi connectivity index (χ1) is 16.5. The number of benzene rings is 3. The van der Waals surface area contributed by atoms with Crippen molar-refractivity contribution >= 4 is 40.7 Å². The molecule has 1 aromatic heterocycles. The van der Waals surface area contributed by atoms with Crippen LogP contribution in [0, 0.1) is 11.6 Å². The van der Waals surface area contributed by atoms with Gasteiger partial charge in [-0.2, -0.15) is 0 Å². The number of carbonyl (C=O) groups excluding carboxylic acids is 1. The molecular weight excluding hydrogens is 472 g/mol. The van der Waals surface area contributed by atoms with Gasteiger partial charge in [-0.05, 0) is 55.5 Å². The molecule has 1 fully saturated rings. The van der Waals surface area contributed by atoms with Crippen molar-refractivity contribution in [3.05, 3.63) is 84.4 Å². The molecule has 1 aliphatic heterocycles. The summed E-state index contributed by atoms with van der Waals surface area (Å²) < 4.78 is 26.5. The summed E-state index contributed by atoms with van der Waals surface area (Å²) in [6.45, 7) is 3.64. The monoisotopic (exact) mass is 495 g/mol. The Morgan fingerprint density at radius 3 is 2.17 bits per heavy atom. The number of carbonyl (C=O) groups is 1. The fourth-order valence-electron chi connectivity index (χ4n) is 4.32. The summed E-state index contributed by atoms with van der Waals surface area (Å²) >= 11 is 0. The molecule has 1 saturated heterocycles. The van der Waals surface area contributed by atoms with Crippen molar-refractivity contribution in [1.29, 1.82) is 0 Å². The second-order valence-corrected chi connectivity index (χ2v) is 8.35. The smallest absolute Gasteiger partial charge is 0.321 e. The van der Waals surface area contributed by atoms with E-state index >= 15 is 0 Å². The Labute approximate surface area is 208 Å². The number of hydrogen-bond donors (Lipinski definition) is 1. The Morgan fingerprint density at radius 2 is 1.51 bits per heavy atom. The molecule has 180 valence electrons. The number of amides is 2. The van der Waals surface area contributed by atoms with E-state index in [0.717, 1.165) is 22.2 Å². The van der Waals surface area contributed by atoms with Crippen LogP contribution in [0.25, 0.3) is 22.0 Å². The van der Waals surface area contributed by atoms with Crippen LogP contribution in [0.4, 0.5) is 25.1 Å². The van der Waals surface area contributed by atoms with Crippen molar-refractivity contribution in [3.8, 4) is 11.3 Å². The molecule has 1 aliphatic rings. The quantitative estimate of drug-likeness (QED) is 0.394. The Morgan fingerprint density at radius 1 is 0.886 bits per heavy atom. The molecule has 1 unspecified atom stereocenters. The molecule has 1 N–H and O–H groups in total. The van der Waals surface area contributed by atoms with Crippen LogP contribution in [0.15, 0.2) is 72.8 Å². The number of hydrogen-bond acceptors (Lipinski definition) is 4. The third kappa shape index (κ3) is 5.02. The summed E-state index contributed by atoms with van der Waals surface area (Å²) in [5.74, 6) is 0.111. The molecule has 0 aliphatic carbocycles. The maximum Gasteiger partial charge on any atom is 0.321 e. The van der Waals surface area contributed by atoms with E-state index in [-0.39, 0.29) is 36.1 Å². The zero-order valence-corrected chi connectivity index (χ0v) is 19.8. The minimum atomic E-state index is -0.348. The van der Waals surface area contributed by atoms with Crippen LogP contribution < -0.4 is 10.2 Å². The van der Waals surface area contributed by atoms with E-state index in [2.05, 4.69) is 20.4 Å². The molecule has 2 amide bonds. The van der Waals surface area contributed by atoms with Crippen molar-refractivity contribution in [2.24, 2.45) is 0 Å². The van der Waals surface area contributed by atoms with Gasteiger partial charge in [-0.25, -0.2) is 13.6 Å². The number of nitrogens with one attached hydrogen (secondary N) is 1. The Hall–Kier alpha value is -3.78. The van der Waals surface area contributed by atoms with Gasteiger partial charge in [-0.15, -0.1) is 22.6 Å². The molecule has 0 radical (unpaired) electrons.